The monoisotopic (exact) mass is 295 g/mol. The zero-order valence-electron chi connectivity index (χ0n) is 11.9. The molecule has 1 heterocycles. The SMILES string of the molecule is CNCC1CCN(CC(=O)Nc2ccc(Cl)cc2)CC1. The van der Waals surface area contributed by atoms with Crippen LogP contribution >= 0.6 is 11.6 Å². The number of anilines is 1. The van der Waals surface area contributed by atoms with Gasteiger partial charge in [0.25, 0.3) is 0 Å². The van der Waals surface area contributed by atoms with Gasteiger partial charge in [-0.15, -0.1) is 0 Å². The Labute approximate surface area is 125 Å². The van der Waals surface area contributed by atoms with Gasteiger partial charge in [-0.1, -0.05) is 11.6 Å². The number of benzene rings is 1. The molecule has 0 saturated carbocycles. The standard InChI is InChI=1S/C15H22ClN3O/c1-17-10-12-6-8-19(9-7-12)11-15(20)18-14-4-2-13(16)3-5-14/h2-5,12,17H,6-11H2,1H3,(H,18,20). The summed E-state index contributed by atoms with van der Waals surface area (Å²) in [5.74, 6) is 0.787. The highest BCUT2D eigenvalue weighted by Crippen LogP contribution is 2.17. The molecule has 20 heavy (non-hydrogen) atoms. The van der Waals surface area contributed by atoms with E-state index >= 15 is 0 Å². The van der Waals surface area contributed by atoms with E-state index in [1.807, 2.05) is 19.2 Å². The van der Waals surface area contributed by atoms with Crippen LogP contribution in [0, 0.1) is 5.92 Å². The molecule has 2 rings (SSSR count). The van der Waals surface area contributed by atoms with E-state index in [0.717, 1.165) is 44.1 Å². The normalized spacial score (nSPS) is 17.1. The second-order valence-corrected chi connectivity index (χ2v) is 5.77. The summed E-state index contributed by atoms with van der Waals surface area (Å²) in [6.07, 6.45) is 2.32. The third-order valence-corrected chi connectivity index (χ3v) is 3.95. The van der Waals surface area contributed by atoms with Crippen molar-refractivity contribution in [2.75, 3.05) is 38.5 Å². The van der Waals surface area contributed by atoms with Crippen LogP contribution in [-0.4, -0.2) is 44.0 Å². The third-order valence-electron chi connectivity index (χ3n) is 3.70. The summed E-state index contributed by atoms with van der Waals surface area (Å²) in [5, 5.41) is 6.80. The Morgan fingerprint density at radius 2 is 1.95 bits per heavy atom. The lowest BCUT2D eigenvalue weighted by Gasteiger charge is -2.31. The molecule has 1 aromatic carbocycles. The number of likely N-dealkylation sites (tertiary alicyclic amines) is 1. The summed E-state index contributed by atoms with van der Waals surface area (Å²) in [4.78, 5) is 14.2. The van der Waals surface area contributed by atoms with E-state index in [1.54, 1.807) is 12.1 Å². The molecule has 0 unspecified atom stereocenters. The number of piperidine rings is 1. The van der Waals surface area contributed by atoms with Gasteiger partial charge in [-0.05, 0) is 69.7 Å². The van der Waals surface area contributed by atoms with Crippen LogP contribution in [0.15, 0.2) is 24.3 Å². The zero-order chi connectivity index (χ0) is 14.4. The summed E-state index contributed by atoms with van der Waals surface area (Å²) in [6, 6.07) is 7.19. The fourth-order valence-corrected chi connectivity index (χ4v) is 2.70. The predicted molar refractivity (Wildman–Crippen MR) is 83.2 cm³/mol. The van der Waals surface area contributed by atoms with Gasteiger partial charge in [0.15, 0.2) is 0 Å². The molecular weight excluding hydrogens is 274 g/mol. The van der Waals surface area contributed by atoms with Gasteiger partial charge in [0.2, 0.25) is 5.91 Å². The van der Waals surface area contributed by atoms with Crippen molar-refractivity contribution in [3.8, 4) is 0 Å². The quantitative estimate of drug-likeness (QED) is 0.875. The highest BCUT2D eigenvalue weighted by molar-refractivity contribution is 6.30. The van der Waals surface area contributed by atoms with Crippen LogP contribution in [0.1, 0.15) is 12.8 Å². The Hall–Kier alpha value is -1.10. The zero-order valence-corrected chi connectivity index (χ0v) is 12.6. The van der Waals surface area contributed by atoms with E-state index in [0.29, 0.717) is 11.6 Å². The van der Waals surface area contributed by atoms with Gasteiger partial charge in [0.05, 0.1) is 6.54 Å². The number of halogens is 1. The van der Waals surface area contributed by atoms with Gasteiger partial charge in [-0.2, -0.15) is 0 Å². The molecule has 0 bridgehead atoms. The molecule has 5 heteroatoms. The Morgan fingerprint density at radius 3 is 2.55 bits per heavy atom. The van der Waals surface area contributed by atoms with Crippen LogP contribution in [0.4, 0.5) is 5.69 Å². The molecule has 1 aliphatic heterocycles. The van der Waals surface area contributed by atoms with Crippen LogP contribution < -0.4 is 10.6 Å². The van der Waals surface area contributed by atoms with E-state index in [1.165, 1.54) is 0 Å². The lowest BCUT2D eigenvalue weighted by molar-refractivity contribution is -0.117. The van der Waals surface area contributed by atoms with Crippen LogP contribution in [0.5, 0.6) is 0 Å². The summed E-state index contributed by atoms with van der Waals surface area (Å²) < 4.78 is 0. The number of amides is 1. The first kappa shape index (κ1) is 15.3. The average Bonchev–Trinajstić information content (AvgIpc) is 2.44. The Kier molecular flexibility index (Phi) is 5.83. The van der Waals surface area contributed by atoms with Crippen molar-refractivity contribution >= 4 is 23.2 Å². The van der Waals surface area contributed by atoms with Crippen molar-refractivity contribution in [3.05, 3.63) is 29.3 Å². The molecule has 4 nitrogen and oxygen atoms in total. The minimum atomic E-state index is 0.0411. The largest absolute Gasteiger partial charge is 0.325 e. The van der Waals surface area contributed by atoms with Crippen molar-refractivity contribution in [2.45, 2.75) is 12.8 Å². The molecular formula is C15H22ClN3O. The van der Waals surface area contributed by atoms with Crippen molar-refractivity contribution < 1.29 is 4.79 Å². The van der Waals surface area contributed by atoms with E-state index in [-0.39, 0.29) is 5.91 Å². The Balaban J connectivity index is 1.74. The minimum Gasteiger partial charge on any atom is -0.325 e. The van der Waals surface area contributed by atoms with Crippen LogP contribution in [0.3, 0.4) is 0 Å². The molecule has 0 aliphatic carbocycles. The van der Waals surface area contributed by atoms with Crippen molar-refractivity contribution in [1.29, 1.82) is 0 Å². The second kappa shape index (κ2) is 7.62. The molecule has 1 amide bonds. The number of carbonyl (C=O) groups excluding carboxylic acids is 1. The summed E-state index contributed by atoms with van der Waals surface area (Å²) in [5.41, 5.74) is 0.796. The highest BCUT2D eigenvalue weighted by Gasteiger charge is 2.20. The van der Waals surface area contributed by atoms with Crippen molar-refractivity contribution in [2.24, 2.45) is 5.92 Å². The van der Waals surface area contributed by atoms with Crippen molar-refractivity contribution in [1.82, 2.24) is 10.2 Å². The molecule has 0 radical (unpaired) electrons. The number of nitrogens with one attached hydrogen (secondary N) is 2. The number of hydrogen-bond acceptors (Lipinski definition) is 3. The predicted octanol–water partition coefficient (Wildman–Crippen LogP) is 2.21. The van der Waals surface area contributed by atoms with Crippen LogP contribution in [-0.2, 0) is 4.79 Å². The summed E-state index contributed by atoms with van der Waals surface area (Å²) >= 11 is 5.82. The van der Waals surface area contributed by atoms with Gasteiger partial charge in [-0.25, -0.2) is 0 Å². The molecule has 1 saturated heterocycles. The molecule has 110 valence electrons. The molecule has 1 fully saturated rings. The van der Waals surface area contributed by atoms with Gasteiger partial charge in [0.1, 0.15) is 0 Å². The van der Waals surface area contributed by atoms with Crippen LogP contribution in [0.2, 0.25) is 5.02 Å². The maximum Gasteiger partial charge on any atom is 0.238 e. The topological polar surface area (TPSA) is 44.4 Å². The Bertz CT molecular complexity index is 427. The number of carbonyl (C=O) groups is 1. The molecule has 0 atom stereocenters. The van der Waals surface area contributed by atoms with Gasteiger partial charge in [-0.3, -0.25) is 9.69 Å². The Morgan fingerprint density at radius 1 is 1.30 bits per heavy atom. The first-order chi connectivity index (χ1) is 9.67. The van der Waals surface area contributed by atoms with Crippen LogP contribution in [0.25, 0.3) is 0 Å². The number of nitrogens with zero attached hydrogens (tertiary/aromatic N) is 1. The second-order valence-electron chi connectivity index (χ2n) is 5.33. The molecule has 0 aromatic heterocycles. The van der Waals surface area contributed by atoms with E-state index in [9.17, 15) is 4.79 Å². The first-order valence-electron chi connectivity index (χ1n) is 7.10. The minimum absolute atomic E-state index is 0.0411. The maximum absolute atomic E-state index is 12.0. The summed E-state index contributed by atoms with van der Waals surface area (Å²) in [6.45, 7) is 3.54. The van der Waals surface area contributed by atoms with Gasteiger partial charge >= 0.3 is 0 Å². The maximum atomic E-state index is 12.0. The van der Waals surface area contributed by atoms with E-state index < -0.39 is 0 Å². The van der Waals surface area contributed by atoms with Crippen molar-refractivity contribution in [3.63, 3.8) is 0 Å². The summed E-state index contributed by atoms with van der Waals surface area (Å²) in [7, 11) is 1.99. The third kappa shape index (κ3) is 4.78. The van der Waals surface area contributed by atoms with E-state index in [4.69, 9.17) is 11.6 Å². The average molecular weight is 296 g/mol. The van der Waals surface area contributed by atoms with Gasteiger partial charge < -0.3 is 10.6 Å². The molecule has 0 spiro atoms. The van der Waals surface area contributed by atoms with Gasteiger partial charge in [0, 0.05) is 10.7 Å². The fraction of sp³-hybridized carbons (Fsp3) is 0.533. The highest BCUT2D eigenvalue weighted by atomic mass is 35.5. The fourth-order valence-electron chi connectivity index (χ4n) is 2.57. The lowest BCUT2D eigenvalue weighted by atomic mass is 9.97. The smallest absolute Gasteiger partial charge is 0.238 e. The first-order valence-corrected chi connectivity index (χ1v) is 7.47. The number of hydrogen-bond donors (Lipinski definition) is 2. The van der Waals surface area contributed by atoms with E-state index in [2.05, 4.69) is 15.5 Å². The lowest BCUT2D eigenvalue weighted by Crippen LogP contribution is -2.40. The number of rotatable bonds is 5. The molecule has 2 N–H and O–H groups in total. The molecule has 1 aromatic rings. The molecule has 1 aliphatic rings.